The molecule has 1 saturated carbocycles. The number of hydrogen-bond donors (Lipinski definition) is 1. The highest BCUT2D eigenvalue weighted by Gasteiger charge is 2.40. The highest BCUT2D eigenvalue weighted by atomic mass is 35.5. The van der Waals surface area contributed by atoms with Crippen LogP contribution < -0.4 is 5.73 Å². The number of amides is 1. The van der Waals surface area contributed by atoms with E-state index in [1.54, 1.807) is 0 Å². The Hall–Kier alpha value is -1.21. The molecular weight excluding hydrogens is 268 g/mol. The predicted molar refractivity (Wildman–Crippen MR) is 70.5 cm³/mol. The molecule has 0 spiro atoms. The van der Waals surface area contributed by atoms with E-state index in [0.717, 1.165) is 19.5 Å². The largest absolute Gasteiger partial charge is 0.340 e. The van der Waals surface area contributed by atoms with E-state index in [0.29, 0.717) is 11.8 Å². The van der Waals surface area contributed by atoms with Crippen LogP contribution in [-0.2, 0) is 11.3 Å². The van der Waals surface area contributed by atoms with Crippen molar-refractivity contribution in [3.8, 4) is 0 Å². The van der Waals surface area contributed by atoms with Crippen molar-refractivity contribution < 1.29 is 4.79 Å². The molecule has 1 saturated heterocycles. The molecule has 8 heteroatoms. The van der Waals surface area contributed by atoms with Gasteiger partial charge in [-0.1, -0.05) is 6.42 Å². The third-order valence-electron chi connectivity index (χ3n) is 4.20. The van der Waals surface area contributed by atoms with Crippen molar-refractivity contribution in [2.75, 3.05) is 13.1 Å². The Balaban J connectivity index is 0.00000133. The fraction of sp³-hybridized carbons (Fsp3) is 0.818. The lowest BCUT2D eigenvalue weighted by atomic mass is 9.78. The second kappa shape index (κ2) is 5.83. The molecule has 0 bridgehead atoms. The van der Waals surface area contributed by atoms with Crippen LogP contribution in [0.1, 0.15) is 19.3 Å². The summed E-state index contributed by atoms with van der Waals surface area (Å²) in [7, 11) is 0. The molecule has 3 rings (SSSR count). The number of halogens is 1. The molecule has 0 aromatic carbocycles. The Bertz CT molecular complexity index is 425. The minimum Gasteiger partial charge on any atom is -0.340 e. The van der Waals surface area contributed by atoms with Gasteiger partial charge < -0.3 is 10.6 Å². The highest BCUT2D eigenvalue weighted by Crippen LogP contribution is 2.35. The quantitative estimate of drug-likeness (QED) is 0.805. The summed E-state index contributed by atoms with van der Waals surface area (Å²) in [6.07, 6.45) is 4.95. The first-order chi connectivity index (χ1) is 8.74. The zero-order valence-corrected chi connectivity index (χ0v) is 11.5. The summed E-state index contributed by atoms with van der Waals surface area (Å²) in [6.45, 7) is 1.87. The Kier molecular flexibility index (Phi) is 4.36. The van der Waals surface area contributed by atoms with Crippen LogP contribution in [0.2, 0.25) is 0 Å². The number of carbonyl (C=O) groups excluding carboxylic acids is 1. The van der Waals surface area contributed by atoms with Gasteiger partial charge in [-0.2, -0.15) is 0 Å². The van der Waals surface area contributed by atoms with Crippen molar-refractivity contribution in [3.05, 3.63) is 6.33 Å². The fourth-order valence-electron chi connectivity index (χ4n) is 3.21. The van der Waals surface area contributed by atoms with Gasteiger partial charge in [0.05, 0.1) is 0 Å². The van der Waals surface area contributed by atoms with Gasteiger partial charge in [0.25, 0.3) is 0 Å². The van der Waals surface area contributed by atoms with Gasteiger partial charge in [0.1, 0.15) is 12.9 Å². The topological polar surface area (TPSA) is 89.9 Å². The number of hydrogen-bond acceptors (Lipinski definition) is 5. The SMILES string of the molecule is Cl.NC1CCCC2CN(C(=O)Cn3cnnn3)CC12. The number of tetrazole rings is 1. The summed E-state index contributed by atoms with van der Waals surface area (Å²) in [5, 5.41) is 10.8. The summed E-state index contributed by atoms with van der Waals surface area (Å²) in [4.78, 5) is 14.1. The van der Waals surface area contributed by atoms with Gasteiger partial charge in [-0.25, -0.2) is 4.68 Å². The van der Waals surface area contributed by atoms with Gasteiger partial charge in [-0.3, -0.25) is 4.79 Å². The molecule has 2 aliphatic rings. The van der Waals surface area contributed by atoms with Crippen LogP contribution in [-0.4, -0.2) is 50.1 Å². The zero-order valence-electron chi connectivity index (χ0n) is 10.7. The van der Waals surface area contributed by atoms with Gasteiger partial charge in [-0.05, 0) is 35.1 Å². The zero-order chi connectivity index (χ0) is 12.5. The van der Waals surface area contributed by atoms with Gasteiger partial charge in [0.2, 0.25) is 5.91 Å². The van der Waals surface area contributed by atoms with Crippen molar-refractivity contribution in [3.63, 3.8) is 0 Å². The van der Waals surface area contributed by atoms with E-state index in [9.17, 15) is 4.79 Å². The lowest BCUT2D eigenvalue weighted by Gasteiger charge is -2.29. The number of nitrogens with zero attached hydrogens (tertiary/aromatic N) is 5. The monoisotopic (exact) mass is 286 g/mol. The Morgan fingerprint density at radius 2 is 2.21 bits per heavy atom. The second-order valence-corrected chi connectivity index (χ2v) is 5.32. The average molecular weight is 287 g/mol. The van der Waals surface area contributed by atoms with Crippen LogP contribution in [0, 0.1) is 11.8 Å². The van der Waals surface area contributed by atoms with E-state index in [4.69, 9.17) is 5.73 Å². The molecule has 0 radical (unpaired) electrons. The van der Waals surface area contributed by atoms with Crippen molar-refractivity contribution >= 4 is 18.3 Å². The van der Waals surface area contributed by atoms with E-state index in [2.05, 4.69) is 15.5 Å². The summed E-state index contributed by atoms with van der Waals surface area (Å²) >= 11 is 0. The van der Waals surface area contributed by atoms with Crippen molar-refractivity contribution in [1.29, 1.82) is 0 Å². The third kappa shape index (κ3) is 2.87. The van der Waals surface area contributed by atoms with Crippen LogP contribution in [0.15, 0.2) is 6.33 Å². The summed E-state index contributed by atoms with van der Waals surface area (Å²) in [6, 6.07) is 0.259. The number of nitrogens with two attached hydrogens (primary N) is 1. The van der Waals surface area contributed by atoms with Crippen molar-refractivity contribution in [2.24, 2.45) is 17.6 Å². The minimum absolute atomic E-state index is 0. The van der Waals surface area contributed by atoms with Crippen molar-refractivity contribution in [2.45, 2.75) is 31.8 Å². The first-order valence-electron chi connectivity index (χ1n) is 6.48. The lowest BCUT2D eigenvalue weighted by Crippen LogP contribution is -2.38. The highest BCUT2D eigenvalue weighted by molar-refractivity contribution is 5.85. The molecule has 3 atom stereocenters. The van der Waals surface area contributed by atoms with Crippen LogP contribution in [0.5, 0.6) is 0 Å². The van der Waals surface area contributed by atoms with Gasteiger partial charge in [0, 0.05) is 19.1 Å². The number of rotatable bonds is 2. The molecule has 1 aromatic rings. The number of aromatic nitrogens is 4. The number of fused-ring (bicyclic) bond motifs is 1. The Morgan fingerprint density at radius 3 is 2.89 bits per heavy atom. The van der Waals surface area contributed by atoms with E-state index >= 15 is 0 Å². The van der Waals surface area contributed by atoms with E-state index in [-0.39, 0.29) is 30.9 Å². The maximum atomic E-state index is 12.1. The minimum atomic E-state index is 0. The first kappa shape index (κ1) is 14.2. The van der Waals surface area contributed by atoms with E-state index in [1.807, 2.05) is 4.90 Å². The molecule has 19 heavy (non-hydrogen) atoms. The Labute approximate surface area is 117 Å². The van der Waals surface area contributed by atoms with Crippen LogP contribution >= 0.6 is 12.4 Å². The lowest BCUT2D eigenvalue weighted by molar-refractivity contribution is -0.131. The molecule has 7 nitrogen and oxygen atoms in total. The Morgan fingerprint density at radius 1 is 1.37 bits per heavy atom. The smallest absolute Gasteiger partial charge is 0.244 e. The van der Waals surface area contributed by atoms with Gasteiger partial charge >= 0.3 is 0 Å². The normalized spacial score (nSPS) is 29.7. The van der Waals surface area contributed by atoms with Crippen LogP contribution in [0.4, 0.5) is 0 Å². The fourth-order valence-corrected chi connectivity index (χ4v) is 3.21. The molecule has 3 unspecified atom stereocenters. The van der Waals surface area contributed by atoms with Crippen LogP contribution in [0.3, 0.4) is 0 Å². The summed E-state index contributed by atoms with van der Waals surface area (Å²) in [5.41, 5.74) is 6.14. The molecule has 1 aliphatic heterocycles. The second-order valence-electron chi connectivity index (χ2n) is 5.32. The molecule has 106 valence electrons. The van der Waals surface area contributed by atoms with E-state index in [1.165, 1.54) is 23.9 Å². The summed E-state index contributed by atoms with van der Waals surface area (Å²) in [5.74, 6) is 1.16. The standard InChI is InChI=1S/C11H18N6O.ClH/c12-10-3-1-2-8-4-16(5-9(8)10)11(18)6-17-7-13-14-15-17;/h7-10H,1-6,12H2;1H. The molecule has 2 heterocycles. The predicted octanol–water partition coefficient (Wildman–Crippen LogP) is -0.319. The molecule has 2 N–H and O–H groups in total. The molecule has 2 fully saturated rings. The molecule has 1 amide bonds. The number of carbonyl (C=O) groups is 1. The number of likely N-dealkylation sites (tertiary alicyclic amines) is 1. The van der Waals surface area contributed by atoms with Gasteiger partial charge in [-0.15, -0.1) is 17.5 Å². The summed E-state index contributed by atoms with van der Waals surface area (Å²) < 4.78 is 1.46. The first-order valence-corrected chi connectivity index (χ1v) is 6.48. The molecular formula is C11H19ClN6O. The van der Waals surface area contributed by atoms with E-state index < -0.39 is 0 Å². The molecule has 1 aliphatic carbocycles. The van der Waals surface area contributed by atoms with Gasteiger partial charge in [0.15, 0.2) is 0 Å². The third-order valence-corrected chi connectivity index (χ3v) is 4.20. The molecule has 1 aromatic heterocycles. The van der Waals surface area contributed by atoms with Crippen LogP contribution in [0.25, 0.3) is 0 Å². The maximum absolute atomic E-state index is 12.1. The average Bonchev–Trinajstić information content (AvgIpc) is 2.97. The maximum Gasteiger partial charge on any atom is 0.244 e. The van der Waals surface area contributed by atoms with Crippen molar-refractivity contribution in [1.82, 2.24) is 25.1 Å².